The number of anilines is 1. The molecule has 1 atom stereocenters. The topological polar surface area (TPSA) is 58.6 Å². The Bertz CT molecular complexity index is 792. The van der Waals surface area contributed by atoms with E-state index in [-0.39, 0.29) is 11.8 Å². The Morgan fingerprint density at radius 1 is 1.23 bits per heavy atom. The van der Waals surface area contributed by atoms with Crippen LogP contribution in [0.25, 0.3) is 0 Å². The van der Waals surface area contributed by atoms with Crippen molar-refractivity contribution in [3.63, 3.8) is 0 Å². The highest BCUT2D eigenvalue weighted by atomic mass is 32.2. The fourth-order valence-corrected chi connectivity index (χ4v) is 4.08. The highest BCUT2D eigenvalue weighted by Crippen LogP contribution is 2.24. The maximum Gasteiger partial charge on any atom is 0.248 e. The zero-order valence-electron chi connectivity index (χ0n) is 14.9. The molecule has 0 aromatic heterocycles. The van der Waals surface area contributed by atoms with Crippen LogP contribution in [0.3, 0.4) is 0 Å². The van der Waals surface area contributed by atoms with E-state index in [2.05, 4.69) is 5.32 Å². The normalized spacial score (nSPS) is 16.4. The van der Waals surface area contributed by atoms with Crippen LogP contribution in [0.1, 0.15) is 11.1 Å². The fourth-order valence-electron chi connectivity index (χ4n) is 2.90. The second-order valence-electron chi connectivity index (χ2n) is 6.26. The van der Waals surface area contributed by atoms with Gasteiger partial charge in [-0.2, -0.15) is 0 Å². The van der Waals surface area contributed by atoms with Crippen LogP contribution in [0.15, 0.2) is 48.5 Å². The molecular weight excluding hydrogens is 348 g/mol. The number of nitrogens with zero attached hydrogens (tertiary/aromatic N) is 1. The first-order valence-corrected chi connectivity index (χ1v) is 9.60. The molecule has 5 nitrogen and oxygen atoms in total. The van der Waals surface area contributed by atoms with Crippen molar-refractivity contribution in [1.29, 1.82) is 0 Å². The third kappa shape index (κ3) is 4.38. The molecule has 1 fully saturated rings. The molecule has 1 N–H and O–H groups in total. The molecule has 136 valence electrons. The third-order valence-electron chi connectivity index (χ3n) is 4.30. The first-order chi connectivity index (χ1) is 12.6. The Balaban J connectivity index is 1.64. The van der Waals surface area contributed by atoms with Crippen LogP contribution in [0.2, 0.25) is 0 Å². The highest BCUT2D eigenvalue weighted by Gasteiger charge is 2.34. The van der Waals surface area contributed by atoms with Gasteiger partial charge in [-0.15, -0.1) is 11.8 Å². The zero-order chi connectivity index (χ0) is 18.5. The molecule has 2 aromatic carbocycles. The van der Waals surface area contributed by atoms with Crippen molar-refractivity contribution < 1.29 is 14.3 Å². The van der Waals surface area contributed by atoms with E-state index in [4.69, 9.17) is 4.74 Å². The van der Waals surface area contributed by atoms with Gasteiger partial charge >= 0.3 is 0 Å². The van der Waals surface area contributed by atoms with Crippen LogP contribution in [0.5, 0.6) is 5.75 Å². The largest absolute Gasteiger partial charge is 0.497 e. The number of rotatable bonds is 5. The molecule has 2 amide bonds. The Morgan fingerprint density at radius 3 is 2.69 bits per heavy atom. The summed E-state index contributed by atoms with van der Waals surface area (Å²) in [5.74, 6) is 1.72. The minimum Gasteiger partial charge on any atom is -0.497 e. The van der Waals surface area contributed by atoms with E-state index in [1.54, 1.807) is 48.0 Å². The van der Waals surface area contributed by atoms with Crippen molar-refractivity contribution in [3.05, 3.63) is 59.7 Å². The number of hydrogen-bond donors (Lipinski definition) is 1. The number of carbonyl (C=O) groups is 2. The molecule has 1 unspecified atom stereocenters. The molecule has 1 aliphatic rings. The number of carbonyl (C=O) groups excluding carboxylic acids is 2. The lowest BCUT2D eigenvalue weighted by molar-refractivity contribution is -0.135. The van der Waals surface area contributed by atoms with Crippen LogP contribution in [-0.2, 0) is 16.0 Å². The summed E-state index contributed by atoms with van der Waals surface area (Å²) in [6, 6.07) is 14.6. The Hall–Kier alpha value is -2.47. The van der Waals surface area contributed by atoms with Gasteiger partial charge < -0.3 is 15.0 Å². The summed E-state index contributed by atoms with van der Waals surface area (Å²) in [6.07, 6.45) is 0.314. The number of ether oxygens (including phenoxy) is 1. The number of thioether (sulfide) groups is 1. The minimum absolute atomic E-state index is 0.0181. The molecular formula is C20H22N2O3S. The summed E-state index contributed by atoms with van der Waals surface area (Å²) >= 11 is 1.60. The van der Waals surface area contributed by atoms with Crippen molar-refractivity contribution in [2.75, 3.05) is 24.1 Å². The molecule has 0 saturated carbocycles. The number of amides is 2. The fraction of sp³-hybridized carbons (Fsp3) is 0.300. The van der Waals surface area contributed by atoms with E-state index in [0.717, 1.165) is 16.9 Å². The first-order valence-electron chi connectivity index (χ1n) is 8.44. The smallest absolute Gasteiger partial charge is 0.248 e. The zero-order valence-corrected chi connectivity index (χ0v) is 15.7. The second kappa shape index (κ2) is 8.27. The van der Waals surface area contributed by atoms with E-state index in [9.17, 15) is 9.59 Å². The molecule has 1 aliphatic heterocycles. The van der Waals surface area contributed by atoms with Crippen LogP contribution in [0.4, 0.5) is 5.69 Å². The van der Waals surface area contributed by atoms with Crippen molar-refractivity contribution in [2.24, 2.45) is 0 Å². The molecule has 6 heteroatoms. The third-order valence-corrected chi connectivity index (χ3v) is 5.31. The summed E-state index contributed by atoms with van der Waals surface area (Å²) < 4.78 is 5.12. The highest BCUT2D eigenvalue weighted by molar-refractivity contribution is 7.99. The maximum absolute atomic E-state index is 12.7. The number of methoxy groups -OCH3 is 1. The lowest BCUT2D eigenvalue weighted by atomic mass is 10.1. The summed E-state index contributed by atoms with van der Waals surface area (Å²) in [6.45, 7) is 2.00. The van der Waals surface area contributed by atoms with E-state index in [0.29, 0.717) is 23.7 Å². The molecule has 26 heavy (non-hydrogen) atoms. The van der Waals surface area contributed by atoms with Gasteiger partial charge in [-0.05, 0) is 36.8 Å². The van der Waals surface area contributed by atoms with Gasteiger partial charge in [-0.1, -0.05) is 29.8 Å². The van der Waals surface area contributed by atoms with Crippen LogP contribution >= 0.6 is 11.8 Å². The van der Waals surface area contributed by atoms with Crippen LogP contribution in [0, 0.1) is 6.92 Å². The lowest BCUT2D eigenvalue weighted by Crippen LogP contribution is -2.45. The monoisotopic (exact) mass is 370 g/mol. The average Bonchev–Trinajstić information content (AvgIpc) is 3.12. The Morgan fingerprint density at radius 2 is 2.00 bits per heavy atom. The summed E-state index contributed by atoms with van der Waals surface area (Å²) in [5.41, 5.74) is 2.79. The van der Waals surface area contributed by atoms with Crippen molar-refractivity contribution in [1.82, 2.24) is 4.90 Å². The van der Waals surface area contributed by atoms with Crippen LogP contribution in [-0.4, -0.2) is 41.5 Å². The SMILES string of the molecule is COc1ccc(NC(=O)C2CSCN2C(=O)Cc2cccc(C)c2)cc1. The molecule has 3 rings (SSSR count). The Kier molecular flexibility index (Phi) is 5.83. The first kappa shape index (κ1) is 18.3. The van der Waals surface area contributed by atoms with Crippen LogP contribution < -0.4 is 10.1 Å². The van der Waals surface area contributed by atoms with Gasteiger partial charge in [0.2, 0.25) is 11.8 Å². The van der Waals surface area contributed by atoms with Gasteiger partial charge in [0.05, 0.1) is 19.4 Å². The number of benzene rings is 2. The van der Waals surface area contributed by atoms with Gasteiger partial charge in [-0.3, -0.25) is 9.59 Å². The Labute approximate surface area is 157 Å². The predicted molar refractivity (Wildman–Crippen MR) is 104 cm³/mol. The number of nitrogens with one attached hydrogen (secondary N) is 1. The molecule has 2 aromatic rings. The maximum atomic E-state index is 12.7. The van der Waals surface area contributed by atoms with Crippen molar-refractivity contribution in [2.45, 2.75) is 19.4 Å². The van der Waals surface area contributed by atoms with E-state index in [1.807, 2.05) is 31.2 Å². The van der Waals surface area contributed by atoms with Gasteiger partial charge in [0, 0.05) is 11.4 Å². The standard InChI is InChI=1S/C20H22N2O3S/c1-14-4-3-5-15(10-14)11-19(23)22-13-26-12-18(22)20(24)21-16-6-8-17(25-2)9-7-16/h3-10,18H,11-13H2,1-2H3,(H,21,24). The predicted octanol–water partition coefficient (Wildman–Crippen LogP) is 3.09. The van der Waals surface area contributed by atoms with Gasteiger partial charge in [0.25, 0.3) is 0 Å². The lowest BCUT2D eigenvalue weighted by Gasteiger charge is -2.23. The van der Waals surface area contributed by atoms with Gasteiger partial charge in [0.15, 0.2) is 0 Å². The van der Waals surface area contributed by atoms with Crippen molar-refractivity contribution >= 4 is 29.3 Å². The molecule has 1 saturated heterocycles. The number of aryl methyl sites for hydroxylation is 1. The molecule has 0 spiro atoms. The van der Waals surface area contributed by atoms with Gasteiger partial charge in [-0.25, -0.2) is 0 Å². The molecule has 0 bridgehead atoms. The van der Waals surface area contributed by atoms with Crippen molar-refractivity contribution in [3.8, 4) is 5.75 Å². The van der Waals surface area contributed by atoms with E-state index < -0.39 is 6.04 Å². The summed E-state index contributed by atoms with van der Waals surface area (Å²) in [4.78, 5) is 27.0. The second-order valence-corrected chi connectivity index (χ2v) is 7.26. The van der Waals surface area contributed by atoms with E-state index >= 15 is 0 Å². The summed E-state index contributed by atoms with van der Waals surface area (Å²) in [5, 5.41) is 2.89. The molecule has 0 radical (unpaired) electrons. The van der Waals surface area contributed by atoms with E-state index in [1.165, 1.54) is 0 Å². The average molecular weight is 370 g/mol. The minimum atomic E-state index is -0.445. The quantitative estimate of drug-likeness (QED) is 0.879. The molecule has 1 heterocycles. The number of hydrogen-bond acceptors (Lipinski definition) is 4. The summed E-state index contributed by atoms with van der Waals surface area (Å²) in [7, 11) is 1.60. The van der Waals surface area contributed by atoms with Gasteiger partial charge in [0.1, 0.15) is 11.8 Å². The molecule has 0 aliphatic carbocycles.